The topological polar surface area (TPSA) is 66.9 Å². The molecule has 0 aromatic heterocycles. The summed E-state index contributed by atoms with van der Waals surface area (Å²) in [4.78, 5) is 14.0. The number of carbonyl (C=O) groups is 1. The summed E-state index contributed by atoms with van der Waals surface area (Å²) in [6, 6.07) is 2.03. The van der Waals surface area contributed by atoms with Gasteiger partial charge in [-0.15, -0.1) is 0 Å². The van der Waals surface area contributed by atoms with Crippen molar-refractivity contribution in [1.82, 2.24) is 9.21 Å². The minimum Gasteiger partial charge on any atom is -0.447 e. The molecule has 6 nitrogen and oxygen atoms in total. The van der Waals surface area contributed by atoms with Crippen molar-refractivity contribution in [3.63, 3.8) is 0 Å². The maximum absolute atomic E-state index is 13.4. The van der Waals surface area contributed by atoms with Gasteiger partial charge in [0.15, 0.2) is 0 Å². The van der Waals surface area contributed by atoms with Gasteiger partial charge in [0.2, 0.25) is 10.0 Å². The van der Waals surface area contributed by atoms with Gasteiger partial charge < -0.3 is 4.74 Å². The van der Waals surface area contributed by atoms with Gasteiger partial charge in [-0.25, -0.2) is 13.2 Å². The lowest BCUT2D eigenvalue weighted by molar-refractivity contribution is 0.0884. The van der Waals surface area contributed by atoms with Crippen LogP contribution >= 0.6 is 0 Å². The zero-order valence-electron chi connectivity index (χ0n) is 15.5. The average Bonchev–Trinajstić information content (AvgIpc) is 2.90. The van der Waals surface area contributed by atoms with Crippen LogP contribution in [0.3, 0.4) is 0 Å². The average molecular weight is 366 g/mol. The monoisotopic (exact) mass is 366 g/mol. The van der Waals surface area contributed by atoms with Crippen molar-refractivity contribution < 1.29 is 17.9 Å². The molecule has 0 saturated carbocycles. The fraction of sp³-hybridized carbons (Fsp3) is 0.611. The molecule has 3 rings (SSSR count). The molecule has 2 fully saturated rings. The molecule has 2 saturated heterocycles. The number of fused-ring (bicyclic) bond motifs is 1. The van der Waals surface area contributed by atoms with Crippen molar-refractivity contribution in [3.8, 4) is 0 Å². The molecule has 1 unspecified atom stereocenters. The standard InChI is InChI=1S/C18H26N2O4S/c1-6-18-10-19(7-8-20(18)17(21)24-11-18)25(22,23)16-14(4)12(2)9-13(3)15(16)5/h9H,6-8,10-11H2,1-5H3. The highest BCUT2D eigenvalue weighted by atomic mass is 32.2. The van der Waals surface area contributed by atoms with Crippen LogP contribution in [0.4, 0.5) is 4.79 Å². The Morgan fingerprint density at radius 2 is 1.72 bits per heavy atom. The van der Waals surface area contributed by atoms with Crippen molar-refractivity contribution in [2.24, 2.45) is 0 Å². The summed E-state index contributed by atoms with van der Waals surface area (Å²) in [6.07, 6.45) is 0.327. The number of aryl methyl sites for hydroxylation is 2. The lowest BCUT2D eigenvalue weighted by Crippen LogP contribution is -2.62. The summed E-state index contributed by atoms with van der Waals surface area (Å²) < 4.78 is 33.6. The molecule has 1 amide bonds. The quantitative estimate of drug-likeness (QED) is 0.824. The summed E-state index contributed by atoms with van der Waals surface area (Å²) in [5, 5.41) is 0. The molecule has 138 valence electrons. The van der Waals surface area contributed by atoms with Gasteiger partial charge in [-0.3, -0.25) is 4.90 Å². The number of sulfonamides is 1. The van der Waals surface area contributed by atoms with Gasteiger partial charge in [0.25, 0.3) is 0 Å². The van der Waals surface area contributed by atoms with Gasteiger partial charge in [0, 0.05) is 19.6 Å². The molecule has 2 aliphatic rings. The SMILES string of the molecule is CCC12COC(=O)N1CCN(S(=O)(=O)c1c(C)c(C)cc(C)c1C)C2. The first-order chi connectivity index (χ1) is 11.6. The first-order valence-corrected chi connectivity index (χ1v) is 10.1. The Kier molecular flexibility index (Phi) is 4.36. The van der Waals surface area contributed by atoms with E-state index in [1.165, 1.54) is 4.31 Å². The number of rotatable bonds is 3. The Bertz CT molecular complexity index is 808. The predicted octanol–water partition coefficient (Wildman–Crippen LogP) is 2.53. The number of ether oxygens (including phenoxy) is 1. The molecule has 1 aromatic carbocycles. The predicted molar refractivity (Wildman–Crippen MR) is 95.2 cm³/mol. The molecule has 0 radical (unpaired) electrons. The second kappa shape index (κ2) is 5.99. The minimum atomic E-state index is -3.63. The highest BCUT2D eigenvalue weighted by Gasteiger charge is 2.51. The Balaban J connectivity index is 2.04. The normalized spacial score (nSPS) is 24.4. The van der Waals surface area contributed by atoms with Gasteiger partial charge in [0.05, 0.1) is 10.4 Å². The summed E-state index contributed by atoms with van der Waals surface area (Å²) >= 11 is 0. The fourth-order valence-electron chi connectivity index (χ4n) is 3.93. The summed E-state index contributed by atoms with van der Waals surface area (Å²) in [5.41, 5.74) is 3.00. The van der Waals surface area contributed by atoms with Crippen LogP contribution in [-0.2, 0) is 14.8 Å². The van der Waals surface area contributed by atoms with E-state index in [9.17, 15) is 13.2 Å². The maximum atomic E-state index is 13.4. The molecular weight excluding hydrogens is 340 g/mol. The van der Waals surface area contributed by atoms with Crippen LogP contribution in [0.5, 0.6) is 0 Å². The van der Waals surface area contributed by atoms with Crippen LogP contribution in [0.2, 0.25) is 0 Å². The van der Waals surface area contributed by atoms with Crippen molar-refractivity contribution in [3.05, 3.63) is 28.3 Å². The van der Waals surface area contributed by atoms with E-state index in [1.807, 2.05) is 40.7 Å². The number of cyclic esters (lactones) is 1. The summed E-state index contributed by atoms with van der Waals surface area (Å²) in [7, 11) is -3.63. The molecule has 0 aliphatic carbocycles. The number of benzene rings is 1. The van der Waals surface area contributed by atoms with Crippen LogP contribution in [0.15, 0.2) is 11.0 Å². The zero-order chi connectivity index (χ0) is 18.6. The van der Waals surface area contributed by atoms with E-state index in [0.29, 0.717) is 24.4 Å². The molecule has 7 heteroatoms. The highest BCUT2D eigenvalue weighted by Crippen LogP contribution is 2.36. The molecule has 1 aromatic rings. The summed E-state index contributed by atoms with van der Waals surface area (Å²) in [5.74, 6) is 0. The van der Waals surface area contributed by atoms with E-state index in [2.05, 4.69) is 0 Å². The number of hydrogen-bond donors (Lipinski definition) is 0. The molecule has 2 heterocycles. The highest BCUT2D eigenvalue weighted by molar-refractivity contribution is 7.89. The van der Waals surface area contributed by atoms with Gasteiger partial charge in [-0.1, -0.05) is 13.0 Å². The van der Waals surface area contributed by atoms with Crippen molar-refractivity contribution in [2.45, 2.75) is 51.5 Å². The van der Waals surface area contributed by atoms with E-state index in [4.69, 9.17) is 4.74 Å². The van der Waals surface area contributed by atoms with Crippen LogP contribution < -0.4 is 0 Å². The molecule has 2 aliphatic heterocycles. The van der Waals surface area contributed by atoms with E-state index < -0.39 is 15.6 Å². The smallest absolute Gasteiger partial charge is 0.410 e. The Hall–Kier alpha value is -1.60. The molecule has 25 heavy (non-hydrogen) atoms. The Morgan fingerprint density at radius 1 is 1.12 bits per heavy atom. The third-order valence-electron chi connectivity index (χ3n) is 5.85. The lowest BCUT2D eigenvalue weighted by atomic mass is 9.94. The van der Waals surface area contributed by atoms with Gasteiger partial charge in [-0.2, -0.15) is 4.31 Å². The number of nitrogens with zero attached hydrogens (tertiary/aromatic N) is 2. The second-order valence-electron chi connectivity index (χ2n) is 7.21. The second-order valence-corrected chi connectivity index (χ2v) is 9.09. The van der Waals surface area contributed by atoms with Gasteiger partial charge in [-0.05, 0) is 56.4 Å². The molecule has 0 spiro atoms. The van der Waals surface area contributed by atoms with Crippen LogP contribution in [0.25, 0.3) is 0 Å². The van der Waals surface area contributed by atoms with Crippen molar-refractivity contribution in [2.75, 3.05) is 26.2 Å². The third kappa shape index (κ3) is 2.64. The van der Waals surface area contributed by atoms with E-state index in [-0.39, 0.29) is 19.2 Å². The number of piperazine rings is 1. The molecule has 0 bridgehead atoms. The maximum Gasteiger partial charge on any atom is 0.410 e. The first kappa shape index (κ1) is 18.2. The van der Waals surface area contributed by atoms with E-state index in [0.717, 1.165) is 22.3 Å². The molecular formula is C18H26N2O4S. The van der Waals surface area contributed by atoms with Crippen LogP contribution in [-0.4, -0.2) is 55.5 Å². The number of carbonyl (C=O) groups excluding carboxylic acids is 1. The minimum absolute atomic E-state index is 0.249. The third-order valence-corrected chi connectivity index (χ3v) is 7.97. The van der Waals surface area contributed by atoms with E-state index in [1.54, 1.807) is 4.90 Å². The largest absolute Gasteiger partial charge is 0.447 e. The lowest BCUT2D eigenvalue weighted by Gasteiger charge is -2.43. The zero-order valence-corrected chi connectivity index (χ0v) is 16.4. The number of hydrogen-bond acceptors (Lipinski definition) is 4. The Morgan fingerprint density at radius 3 is 2.28 bits per heavy atom. The molecule has 0 N–H and O–H groups in total. The number of amides is 1. The molecule has 1 atom stereocenters. The van der Waals surface area contributed by atoms with Crippen LogP contribution in [0.1, 0.15) is 35.6 Å². The van der Waals surface area contributed by atoms with Crippen LogP contribution in [0, 0.1) is 27.7 Å². The van der Waals surface area contributed by atoms with Crippen molar-refractivity contribution >= 4 is 16.1 Å². The van der Waals surface area contributed by atoms with E-state index >= 15 is 0 Å². The van der Waals surface area contributed by atoms with Gasteiger partial charge >= 0.3 is 6.09 Å². The van der Waals surface area contributed by atoms with Gasteiger partial charge in [0.1, 0.15) is 6.61 Å². The Labute approximate surface area is 149 Å². The van der Waals surface area contributed by atoms with Crippen molar-refractivity contribution in [1.29, 1.82) is 0 Å². The summed E-state index contributed by atoms with van der Waals surface area (Å²) in [6.45, 7) is 10.8. The first-order valence-electron chi connectivity index (χ1n) is 8.66. The fourth-order valence-corrected chi connectivity index (χ4v) is 6.02.